The van der Waals surface area contributed by atoms with Crippen LogP contribution in [0.25, 0.3) is 11.6 Å². The lowest BCUT2D eigenvalue weighted by molar-refractivity contribution is -0.133. The molecule has 2 aromatic carbocycles. The number of anilines is 1. The Hall–Kier alpha value is -3.91. The van der Waals surface area contributed by atoms with Crippen LogP contribution in [0.3, 0.4) is 0 Å². The summed E-state index contributed by atoms with van der Waals surface area (Å²) in [5.41, 5.74) is 5.41. The van der Waals surface area contributed by atoms with Crippen LogP contribution in [0.5, 0.6) is 0 Å². The number of benzene rings is 2. The number of rotatable bonds is 14. The Morgan fingerprint density at radius 2 is 1.70 bits per heavy atom. The van der Waals surface area contributed by atoms with Gasteiger partial charge in [0, 0.05) is 32.4 Å². The number of carbonyl (C=O) groups is 3. The molecule has 0 aromatic heterocycles. The molecule has 4 rings (SSSR count). The number of nitrogens with zero attached hydrogens (tertiary/aromatic N) is 2. The molecular formula is C35H45N3O5. The van der Waals surface area contributed by atoms with Gasteiger partial charge in [0.1, 0.15) is 6.61 Å². The SMILES string of the molecule is C=COC[C@@H]1C[C@@H](O)CN1C(=O)CCCCCNC(=O)CCCCC(=O)N1Cc2ccccc2/C(C)=C\c2ccccc21. The minimum atomic E-state index is -0.509. The summed E-state index contributed by atoms with van der Waals surface area (Å²) in [5.74, 6) is 0.0849. The summed E-state index contributed by atoms with van der Waals surface area (Å²) in [6.07, 6.45) is 8.37. The molecule has 1 fully saturated rings. The Morgan fingerprint density at radius 1 is 0.977 bits per heavy atom. The monoisotopic (exact) mass is 587 g/mol. The van der Waals surface area contributed by atoms with E-state index in [2.05, 4.69) is 37.0 Å². The number of nitrogens with one attached hydrogen (secondary N) is 1. The first-order chi connectivity index (χ1) is 20.9. The number of likely N-dealkylation sites (tertiary alicyclic amines) is 1. The highest BCUT2D eigenvalue weighted by atomic mass is 16.5. The summed E-state index contributed by atoms with van der Waals surface area (Å²) in [6, 6.07) is 16.1. The lowest BCUT2D eigenvalue weighted by atomic mass is 9.95. The van der Waals surface area contributed by atoms with Crippen molar-refractivity contribution in [3.8, 4) is 0 Å². The van der Waals surface area contributed by atoms with Crippen LogP contribution in [0.2, 0.25) is 0 Å². The summed E-state index contributed by atoms with van der Waals surface area (Å²) >= 11 is 0. The second-order valence-electron chi connectivity index (χ2n) is 11.5. The van der Waals surface area contributed by atoms with Crippen LogP contribution in [0.1, 0.15) is 81.4 Å². The standard InChI is InChI=1S/C35H45N3O5/c1-3-43-25-29-22-30(39)24-37(29)34(41)18-5-4-12-20-36-33(40)17-10-11-19-35(42)38-23-28-14-6-8-15-31(28)26(2)21-27-13-7-9-16-32(27)38/h3,6-9,13-16,21,29-30,39H,1,4-5,10-12,17-20,22-25H2,2H3,(H,36,40)/b26-21-/t29-,30+/m0/s1. The number of aliphatic hydroxyl groups excluding tert-OH is 1. The maximum absolute atomic E-state index is 13.4. The quantitative estimate of drug-likeness (QED) is 0.226. The Balaban J connectivity index is 1.13. The van der Waals surface area contributed by atoms with E-state index in [1.165, 1.54) is 11.8 Å². The van der Waals surface area contributed by atoms with Gasteiger partial charge in [0.25, 0.3) is 0 Å². The van der Waals surface area contributed by atoms with Crippen LogP contribution in [-0.4, -0.2) is 59.6 Å². The summed E-state index contributed by atoms with van der Waals surface area (Å²) in [6.45, 7) is 7.43. The van der Waals surface area contributed by atoms with Gasteiger partial charge >= 0.3 is 0 Å². The Morgan fingerprint density at radius 3 is 2.53 bits per heavy atom. The highest BCUT2D eigenvalue weighted by Gasteiger charge is 2.34. The van der Waals surface area contributed by atoms with Gasteiger partial charge in [-0.05, 0) is 73.4 Å². The van der Waals surface area contributed by atoms with Gasteiger partial charge in [-0.3, -0.25) is 14.4 Å². The van der Waals surface area contributed by atoms with Crippen LogP contribution >= 0.6 is 0 Å². The van der Waals surface area contributed by atoms with Gasteiger partial charge in [0.2, 0.25) is 17.7 Å². The maximum atomic E-state index is 13.4. The largest absolute Gasteiger partial charge is 0.500 e. The molecule has 2 atom stereocenters. The van der Waals surface area contributed by atoms with Crippen LogP contribution < -0.4 is 10.2 Å². The number of hydrogen-bond acceptors (Lipinski definition) is 5. The third-order valence-electron chi connectivity index (χ3n) is 8.22. The summed E-state index contributed by atoms with van der Waals surface area (Å²) in [7, 11) is 0. The number of allylic oxidation sites excluding steroid dienone is 1. The fraction of sp³-hybridized carbons (Fsp3) is 0.457. The van der Waals surface area contributed by atoms with Gasteiger partial charge in [0.15, 0.2) is 0 Å². The van der Waals surface area contributed by atoms with E-state index in [1.807, 2.05) is 41.3 Å². The van der Waals surface area contributed by atoms with E-state index in [1.54, 1.807) is 4.90 Å². The molecule has 0 spiro atoms. The van der Waals surface area contributed by atoms with Crippen molar-refractivity contribution in [3.63, 3.8) is 0 Å². The number of β-amino-alcohol motifs (C(OH)–C–C–N with tert-alkyl or cyclic N) is 1. The smallest absolute Gasteiger partial charge is 0.227 e. The summed E-state index contributed by atoms with van der Waals surface area (Å²) < 4.78 is 5.23. The minimum Gasteiger partial charge on any atom is -0.500 e. The Kier molecular flexibility index (Phi) is 12.0. The molecule has 0 radical (unpaired) electrons. The lowest BCUT2D eigenvalue weighted by Gasteiger charge is -2.28. The van der Waals surface area contributed by atoms with Crippen molar-refractivity contribution >= 4 is 35.1 Å². The van der Waals surface area contributed by atoms with Crippen LogP contribution in [-0.2, 0) is 25.7 Å². The van der Waals surface area contributed by atoms with Crippen molar-refractivity contribution in [2.45, 2.75) is 83.4 Å². The number of unbranched alkanes of at least 4 members (excludes halogenated alkanes) is 3. The number of ether oxygens (including phenoxy) is 1. The highest BCUT2D eigenvalue weighted by Crippen LogP contribution is 2.32. The topological polar surface area (TPSA) is 99.2 Å². The molecule has 8 heteroatoms. The van der Waals surface area contributed by atoms with Crippen LogP contribution in [0.4, 0.5) is 5.69 Å². The Labute approximate surface area is 255 Å². The van der Waals surface area contributed by atoms with Gasteiger partial charge in [-0.1, -0.05) is 55.5 Å². The number of hydrogen-bond donors (Lipinski definition) is 2. The molecule has 230 valence electrons. The first-order valence-electron chi connectivity index (χ1n) is 15.5. The first kappa shape index (κ1) is 32.0. The zero-order valence-electron chi connectivity index (χ0n) is 25.3. The van der Waals surface area contributed by atoms with E-state index < -0.39 is 6.10 Å². The second kappa shape index (κ2) is 16.1. The van der Waals surface area contributed by atoms with E-state index in [0.717, 1.165) is 41.6 Å². The normalized spacial score (nSPS) is 18.9. The number of aliphatic hydroxyl groups is 1. The lowest BCUT2D eigenvalue weighted by Crippen LogP contribution is -2.38. The van der Waals surface area contributed by atoms with Crippen LogP contribution in [0, 0.1) is 0 Å². The molecule has 2 aliphatic rings. The average Bonchev–Trinajstić information content (AvgIpc) is 3.38. The number of fused-ring (bicyclic) bond motifs is 2. The molecule has 2 N–H and O–H groups in total. The average molecular weight is 588 g/mol. The summed E-state index contributed by atoms with van der Waals surface area (Å²) in [5, 5.41) is 12.9. The number of carbonyl (C=O) groups excluding carboxylic acids is 3. The van der Waals surface area contributed by atoms with Gasteiger partial charge < -0.3 is 25.0 Å². The molecule has 8 nitrogen and oxygen atoms in total. The van der Waals surface area contributed by atoms with E-state index in [4.69, 9.17) is 4.74 Å². The molecule has 0 aliphatic carbocycles. The van der Waals surface area contributed by atoms with Gasteiger partial charge in [-0.2, -0.15) is 0 Å². The van der Waals surface area contributed by atoms with E-state index in [-0.39, 0.29) is 23.8 Å². The molecule has 2 aromatic rings. The summed E-state index contributed by atoms with van der Waals surface area (Å²) in [4.78, 5) is 41.9. The third-order valence-corrected chi connectivity index (χ3v) is 8.22. The van der Waals surface area contributed by atoms with Gasteiger partial charge in [-0.15, -0.1) is 0 Å². The maximum Gasteiger partial charge on any atom is 0.227 e. The molecule has 43 heavy (non-hydrogen) atoms. The zero-order valence-corrected chi connectivity index (χ0v) is 25.3. The zero-order chi connectivity index (χ0) is 30.6. The predicted molar refractivity (Wildman–Crippen MR) is 170 cm³/mol. The molecule has 2 heterocycles. The van der Waals surface area contributed by atoms with Crippen molar-refractivity contribution in [1.29, 1.82) is 0 Å². The molecule has 3 amide bonds. The molecule has 0 bridgehead atoms. The van der Waals surface area contributed by atoms with Crippen molar-refractivity contribution in [3.05, 3.63) is 78.1 Å². The van der Waals surface area contributed by atoms with E-state index in [9.17, 15) is 19.5 Å². The molecular weight excluding hydrogens is 542 g/mol. The van der Waals surface area contributed by atoms with Crippen LogP contribution in [0.15, 0.2) is 61.4 Å². The fourth-order valence-electron chi connectivity index (χ4n) is 5.96. The Bertz CT molecular complexity index is 1310. The van der Waals surface area contributed by atoms with Gasteiger partial charge in [0.05, 0.1) is 30.6 Å². The van der Waals surface area contributed by atoms with Crippen molar-refractivity contribution < 1.29 is 24.2 Å². The van der Waals surface area contributed by atoms with Crippen molar-refractivity contribution in [2.75, 3.05) is 24.6 Å². The molecule has 0 saturated carbocycles. The minimum absolute atomic E-state index is 0.00853. The molecule has 2 aliphatic heterocycles. The fourth-order valence-corrected chi connectivity index (χ4v) is 5.96. The van der Waals surface area contributed by atoms with Crippen molar-refractivity contribution in [2.24, 2.45) is 0 Å². The van der Waals surface area contributed by atoms with Crippen molar-refractivity contribution in [1.82, 2.24) is 10.2 Å². The third kappa shape index (κ3) is 9.04. The molecule has 1 saturated heterocycles. The highest BCUT2D eigenvalue weighted by molar-refractivity contribution is 5.98. The number of para-hydroxylation sites is 1. The van der Waals surface area contributed by atoms with E-state index in [0.29, 0.717) is 64.8 Å². The van der Waals surface area contributed by atoms with E-state index >= 15 is 0 Å². The van der Waals surface area contributed by atoms with Gasteiger partial charge in [-0.25, -0.2) is 0 Å². The number of amides is 3. The molecule has 0 unspecified atom stereocenters. The first-order valence-corrected chi connectivity index (χ1v) is 15.5. The predicted octanol–water partition coefficient (Wildman–Crippen LogP) is 5.45. The second-order valence-corrected chi connectivity index (χ2v) is 11.5.